The van der Waals surface area contributed by atoms with Gasteiger partial charge in [0.25, 0.3) is 6.71 Å². The van der Waals surface area contributed by atoms with Crippen LogP contribution in [0.25, 0.3) is 0 Å². The number of para-hydroxylation sites is 2. The largest absolute Gasteiger partial charge is 0.312 e. The first kappa shape index (κ1) is 21.8. The van der Waals surface area contributed by atoms with Crippen molar-refractivity contribution in [3.8, 4) is 0 Å². The standard InChI is InChI=1S/C31H29BN2/c1-5-9-16-24(8-4)34-28-20-13-11-18-26(28)32-25-17-10-12-19-27(25)33(23(7-3)15-6-2)29-21-14-22-30(34)31(29)32/h5-22H,4H2,1-3H3/b9-5-,15-6-,23-7+,24-16+. The molecule has 3 aromatic rings. The molecular formula is C31H29BN2. The van der Waals surface area contributed by atoms with E-state index >= 15 is 0 Å². The molecule has 166 valence electrons. The van der Waals surface area contributed by atoms with Crippen LogP contribution < -0.4 is 26.2 Å². The van der Waals surface area contributed by atoms with Crippen molar-refractivity contribution in [2.45, 2.75) is 20.8 Å². The molecular weight excluding hydrogens is 411 g/mol. The lowest BCUT2D eigenvalue weighted by atomic mass is 9.33. The maximum Gasteiger partial charge on any atom is 0.252 e. The van der Waals surface area contributed by atoms with E-state index in [1.54, 1.807) is 0 Å². The van der Waals surface area contributed by atoms with Gasteiger partial charge in [0.2, 0.25) is 0 Å². The van der Waals surface area contributed by atoms with Gasteiger partial charge in [0.05, 0.1) is 0 Å². The molecule has 0 aromatic heterocycles. The Morgan fingerprint density at radius 2 is 1.26 bits per heavy atom. The topological polar surface area (TPSA) is 6.48 Å². The molecule has 0 bridgehead atoms. The zero-order chi connectivity index (χ0) is 23.7. The first-order valence-corrected chi connectivity index (χ1v) is 11.9. The van der Waals surface area contributed by atoms with Gasteiger partial charge in [-0.3, -0.25) is 0 Å². The number of benzene rings is 3. The van der Waals surface area contributed by atoms with Gasteiger partial charge in [-0.05, 0) is 79.7 Å². The van der Waals surface area contributed by atoms with Crippen LogP contribution in [0, 0.1) is 0 Å². The number of hydrogen-bond donors (Lipinski definition) is 0. The molecule has 5 rings (SSSR count). The summed E-state index contributed by atoms with van der Waals surface area (Å²) in [4.78, 5) is 4.76. The monoisotopic (exact) mass is 440 g/mol. The van der Waals surface area contributed by atoms with Crippen molar-refractivity contribution in [3.05, 3.63) is 127 Å². The van der Waals surface area contributed by atoms with Gasteiger partial charge in [0.15, 0.2) is 0 Å². The van der Waals surface area contributed by atoms with Gasteiger partial charge in [0, 0.05) is 34.1 Å². The minimum absolute atomic E-state index is 0.169. The molecule has 0 fully saturated rings. The molecule has 3 aromatic carbocycles. The Labute approximate surface area is 203 Å². The third-order valence-electron chi connectivity index (χ3n) is 6.63. The summed E-state index contributed by atoms with van der Waals surface area (Å²) in [6, 6.07) is 24.3. The molecule has 0 spiro atoms. The predicted octanol–water partition coefficient (Wildman–Crippen LogP) is 6.23. The van der Waals surface area contributed by atoms with Crippen molar-refractivity contribution in [3.63, 3.8) is 0 Å². The lowest BCUT2D eigenvalue weighted by molar-refractivity contribution is 1.18. The zero-order valence-electron chi connectivity index (χ0n) is 20.1. The van der Waals surface area contributed by atoms with Gasteiger partial charge >= 0.3 is 0 Å². The van der Waals surface area contributed by atoms with Gasteiger partial charge in [-0.1, -0.05) is 73.3 Å². The lowest BCUT2D eigenvalue weighted by Crippen LogP contribution is -2.61. The van der Waals surface area contributed by atoms with Crippen molar-refractivity contribution in [2.24, 2.45) is 0 Å². The van der Waals surface area contributed by atoms with Crippen LogP contribution in [-0.2, 0) is 0 Å². The van der Waals surface area contributed by atoms with E-state index in [-0.39, 0.29) is 6.71 Å². The van der Waals surface area contributed by atoms with Gasteiger partial charge in [-0.2, -0.15) is 0 Å². The highest BCUT2D eigenvalue weighted by Crippen LogP contribution is 2.40. The van der Waals surface area contributed by atoms with Crippen LogP contribution in [0.3, 0.4) is 0 Å². The normalized spacial score (nSPS) is 15.0. The number of anilines is 4. The third-order valence-corrected chi connectivity index (χ3v) is 6.63. The number of hydrogen-bond acceptors (Lipinski definition) is 2. The second kappa shape index (κ2) is 9.11. The Balaban J connectivity index is 1.87. The third kappa shape index (κ3) is 3.28. The Hall–Kier alpha value is -3.98. The highest BCUT2D eigenvalue weighted by molar-refractivity contribution is 7.00. The fraction of sp³-hybridized carbons (Fsp3) is 0.0968. The summed E-state index contributed by atoms with van der Waals surface area (Å²) in [6.45, 7) is 10.5. The van der Waals surface area contributed by atoms with E-state index in [1.807, 2.05) is 13.0 Å². The molecule has 0 unspecified atom stereocenters. The summed E-state index contributed by atoms with van der Waals surface area (Å²) in [5.74, 6) is 0. The Kier molecular flexibility index (Phi) is 5.85. The van der Waals surface area contributed by atoms with Crippen molar-refractivity contribution < 1.29 is 0 Å². The van der Waals surface area contributed by atoms with Crippen molar-refractivity contribution >= 4 is 45.9 Å². The van der Waals surface area contributed by atoms with Crippen LogP contribution in [0.4, 0.5) is 22.7 Å². The van der Waals surface area contributed by atoms with Crippen molar-refractivity contribution in [2.75, 3.05) is 9.80 Å². The van der Waals surface area contributed by atoms with E-state index in [1.165, 1.54) is 44.8 Å². The van der Waals surface area contributed by atoms with Crippen molar-refractivity contribution in [1.29, 1.82) is 0 Å². The molecule has 2 nitrogen and oxygen atoms in total. The van der Waals surface area contributed by atoms with E-state index in [0.717, 1.165) is 5.70 Å². The number of rotatable bonds is 5. The summed E-state index contributed by atoms with van der Waals surface area (Å²) in [5.41, 5.74) is 11.1. The Bertz CT molecular complexity index is 1380. The smallest absolute Gasteiger partial charge is 0.252 e. The van der Waals surface area contributed by atoms with E-state index in [0.29, 0.717) is 0 Å². The van der Waals surface area contributed by atoms with Gasteiger partial charge < -0.3 is 9.80 Å². The number of fused-ring (bicyclic) bond motifs is 4. The van der Waals surface area contributed by atoms with Crippen LogP contribution in [-0.4, -0.2) is 6.71 Å². The Morgan fingerprint density at radius 3 is 1.79 bits per heavy atom. The lowest BCUT2D eigenvalue weighted by Gasteiger charge is -2.44. The summed E-state index contributed by atoms with van der Waals surface area (Å²) >= 11 is 0. The average Bonchev–Trinajstić information content (AvgIpc) is 2.89. The van der Waals surface area contributed by atoms with Crippen LogP contribution in [0.15, 0.2) is 127 Å². The molecule has 0 atom stereocenters. The van der Waals surface area contributed by atoms with E-state index in [4.69, 9.17) is 0 Å². The quantitative estimate of drug-likeness (QED) is 0.343. The minimum atomic E-state index is 0.169. The molecule has 0 amide bonds. The van der Waals surface area contributed by atoms with Gasteiger partial charge in [-0.15, -0.1) is 0 Å². The van der Waals surface area contributed by atoms with E-state index in [9.17, 15) is 0 Å². The van der Waals surface area contributed by atoms with Crippen molar-refractivity contribution in [1.82, 2.24) is 0 Å². The summed E-state index contributed by atoms with van der Waals surface area (Å²) in [5, 5.41) is 0. The maximum atomic E-state index is 4.15. The number of nitrogens with zero attached hydrogens (tertiary/aromatic N) is 2. The zero-order valence-corrected chi connectivity index (χ0v) is 20.1. The van der Waals surface area contributed by atoms with E-state index in [2.05, 4.69) is 133 Å². The highest BCUT2D eigenvalue weighted by atomic mass is 15.2. The molecule has 0 saturated carbocycles. The molecule has 0 aliphatic carbocycles. The predicted molar refractivity (Wildman–Crippen MR) is 150 cm³/mol. The molecule has 3 heteroatoms. The minimum Gasteiger partial charge on any atom is -0.312 e. The molecule has 2 aliphatic rings. The van der Waals surface area contributed by atoms with Crippen LogP contribution in [0.5, 0.6) is 0 Å². The summed E-state index contributed by atoms with van der Waals surface area (Å²) in [7, 11) is 0. The second-order valence-electron chi connectivity index (χ2n) is 8.47. The molecule has 2 heterocycles. The summed E-state index contributed by atoms with van der Waals surface area (Å²) < 4.78 is 0. The molecule has 0 radical (unpaired) electrons. The first-order chi connectivity index (χ1) is 16.7. The molecule has 0 N–H and O–H groups in total. The maximum absolute atomic E-state index is 4.15. The first-order valence-electron chi connectivity index (χ1n) is 11.9. The second-order valence-corrected chi connectivity index (χ2v) is 8.47. The highest BCUT2D eigenvalue weighted by Gasteiger charge is 2.42. The van der Waals surface area contributed by atoms with Gasteiger partial charge in [-0.25, -0.2) is 0 Å². The SMILES string of the molecule is C=C/C(=C\C=C/C)N1c2ccccc2B2c3ccccc3N(C(/C=C\C)=C/C)c3cccc1c32. The van der Waals surface area contributed by atoms with Crippen LogP contribution in [0.1, 0.15) is 20.8 Å². The van der Waals surface area contributed by atoms with Gasteiger partial charge in [0.1, 0.15) is 0 Å². The van der Waals surface area contributed by atoms with E-state index < -0.39 is 0 Å². The fourth-order valence-electron chi connectivity index (χ4n) is 5.29. The average molecular weight is 440 g/mol. The fourth-order valence-corrected chi connectivity index (χ4v) is 5.29. The molecule has 0 saturated heterocycles. The Morgan fingerprint density at radius 1 is 0.706 bits per heavy atom. The molecule has 2 aliphatic heterocycles. The van der Waals surface area contributed by atoms with Crippen LogP contribution >= 0.6 is 0 Å². The summed E-state index contributed by atoms with van der Waals surface area (Å²) in [6.07, 6.45) is 14.7. The van der Waals surface area contributed by atoms with Crippen LogP contribution in [0.2, 0.25) is 0 Å². The molecule has 34 heavy (non-hydrogen) atoms. The number of allylic oxidation sites excluding steroid dienone is 7.